The molecule has 1 aromatic heterocycles. The average molecular weight is 402 g/mol. The Kier molecular flexibility index (Phi) is 4.34. The molecule has 0 aromatic carbocycles. The van der Waals surface area contributed by atoms with Crippen LogP contribution in [0.1, 0.15) is 24.1 Å². The van der Waals surface area contributed by atoms with Crippen LogP contribution >= 0.6 is 0 Å². The minimum atomic E-state index is -3.78. The monoisotopic (exact) mass is 402 g/mol. The van der Waals surface area contributed by atoms with Crippen molar-refractivity contribution in [3.8, 4) is 0 Å². The number of halogens is 2. The number of alkyl halides is 2. The molecule has 3 saturated heterocycles. The molecule has 0 saturated carbocycles. The summed E-state index contributed by atoms with van der Waals surface area (Å²) in [6.45, 7) is 8.92. The molecule has 0 amide bonds. The highest BCUT2D eigenvalue weighted by atomic mass is 32.2. The third-order valence-corrected chi connectivity index (χ3v) is 7.60. The summed E-state index contributed by atoms with van der Waals surface area (Å²) >= 11 is 0. The molecule has 0 bridgehead atoms. The van der Waals surface area contributed by atoms with Gasteiger partial charge in [0, 0.05) is 51.0 Å². The van der Waals surface area contributed by atoms with Gasteiger partial charge in [0.1, 0.15) is 4.90 Å². The number of aryl methyl sites for hydroxylation is 2. The molecule has 0 unspecified atom stereocenters. The smallest absolute Gasteiger partial charge is 0.303 e. The maximum absolute atomic E-state index is 13.5. The van der Waals surface area contributed by atoms with Crippen LogP contribution in [0.2, 0.25) is 0 Å². The van der Waals surface area contributed by atoms with Crippen LogP contribution in [0.25, 0.3) is 0 Å². The van der Waals surface area contributed by atoms with Crippen molar-refractivity contribution in [1.29, 1.82) is 0 Å². The Balaban J connectivity index is 1.44. The van der Waals surface area contributed by atoms with E-state index in [0.717, 1.165) is 32.8 Å². The fraction of sp³-hybridized carbons (Fsp3) is 0.765. The Morgan fingerprint density at radius 3 is 2.15 bits per heavy atom. The first-order chi connectivity index (χ1) is 12.5. The first-order valence-corrected chi connectivity index (χ1v) is 10.5. The number of hydrogen-bond donors (Lipinski definition) is 0. The highest BCUT2D eigenvalue weighted by Crippen LogP contribution is 2.43. The van der Waals surface area contributed by atoms with E-state index in [1.54, 1.807) is 0 Å². The summed E-state index contributed by atoms with van der Waals surface area (Å²) in [6.07, 6.45) is 0. The first kappa shape index (κ1) is 19.1. The van der Waals surface area contributed by atoms with E-state index >= 15 is 0 Å². The van der Waals surface area contributed by atoms with Crippen LogP contribution in [0.4, 0.5) is 8.78 Å². The van der Waals surface area contributed by atoms with Crippen LogP contribution in [-0.4, -0.2) is 73.5 Å². The number of aromatic nitrogens is 2. The summed E-state index contributed by atoms with van der Waals surface area (Å²) in [5.74, 6) is -3.26. The van der Waals surface area contributed by atoms with Crippen molar-refractivity contribution < 1.29 is 21.9 Å². The molecule has 3 aliphatic rings. The van der Waals surface area contributed by atoms with E-state index in [0.29, 0.717) is 25.9 Å². The van der Waals surface area contributed by atoms with Gasteiger partial charge >= 0.3 is 5.92 Å². The van der Waals surface area contributed by atoms with Gasteiger partial charge in [0.15, 0.2) is 5.82 Å². The van der Waals surface area contributed by atoms with Gasteiger partial charge in [-0.2, -0.15) is 13.1 Å². The zero-order valence-electron chi connectivity index (χ0n) is 15.7. The minimum absolute atomic E-state index is 0.0245. The largest absolute Gasteiger partial charge is 0.381 e. The van der Waals surface area contributed by atoms with E-state index < -0.39 is 21.8 Å². The van der Waals surface area contributed by atoms with E-state index in [9.17, 15) is 17.2 Å². The van der Waals surface area contributed by atoms with Gasteiger partial charge in [0.25, 0.3) is 0 Å². The molecule has 0 N–H and O–H groups in total. The molecule has 0 radical (unpaired) electrons. The summed E-state index contributed by atoms with van der Waals surface area (Å²) in [5.41, 5.74) is 0.164. The second-order valence-corrected chi connectivity index (χ2v) is 10.2. The molecular weight excluding hydrogens is 378 g/mol. The summed E-state index contributed by atoms with van der Waals surface area (Å²) in [4.78, 5) is 9.81. The van der Waals surface area contributed by atoms with Crippen molar-refractivity contribution in [3.63, 3.8) is 0 Å². The van der Waals surface area contributed by atoms with E-state index in [1.165, 1.54) is 18.2 Å². The Hall–Kier alpha value is -1.23. The second kappa shape index (κ2) is 6.13. The molecule has 4 heterocycles. The lowest BCUT2D eigenvalue weighted by molar-refractivity contribution is -0.115. The van der Waals surface area contributed by atoms with Gasteiger partial charge in [0.2, 0.25) is 10.0 Å². The van der Waals surface area contributed by atoms with Gasteiger partial charge < -0.3 is 9.64 Å². The number of likely N-dealkylation sites (tertiary alicyclic amines) is 1. The maximum Gasteiger partial charge on any atom is 0.303 e. The highest BCUT2D eigenvalue weighted by Gasteiger charge is 2.55. The maximum atomic E-state index is 13.5. The van der Waals surface area contributed by atoms with E-state index in [-0.39, 0.29) is 21.7 Å². The van der Waals surface area contributed by atoms with Crippen molar-refractivity contribution in [2.75, 3.05) is 45.9 Å². The number of hydrogen-bond acceptors (Lipinski definition) is 6. The lowest BCUT2D eigenvalue weighted by Gasteiger charge is -2.60. The van der Waals surface area contributed by atoms with Gasteiger partial charge in [-0.15, -0.1) is 0 Å². The lowest BCUT2D eigenvalue weighted by Crippen LogP contribution is -2.73. The normalized spacial score (nSPS) is 23.7. The Bertz CT molecular complexity index is 830. The van der Waals surface area contributed by atoms with Crippen molar-refractivity contribution in [1.82, 2.24) is 19.2 Å². The lowest BCUT2D eigenvalue weighted by atomic mass is 9.74. The molecular formula is C17H24F2N4O3S. The first-order valence-electron chi connectivity index (χ1n) is 9.04. The number of sulfonamides is 1. The Morgan fingerprint density at radius 1 is 1.15 bits per heavy atom. The molecule has 1 spiro atoms. The van der Waals surface area contributed by atoms with E-state index in [4.69, 9.17) is 4.74 Å². The molecule has 3 aliphatic heterocycles. The Morgan fingerprint density at radius 2 is 1.70 bits per heavy atom. The van der Waals surface area contributed by atoms with Crippen LogP contribution in [0.3, 0.4) is 0 Å². The second-order valence-electron chi connectivity index (χ2n) is 8.28. The van der Waals surface area contributed by atoms with Gasteiger partial charge in [-0.3, -0.25) is 0 Å². The van der Waals surface area contributed by atoms with E-state index in [1.807, 2.05) is 0 Å². The van der Waals surface area contributed by atoms with Crippen LogP contribution in [-0.2, 0) is 20.7 Å². The predicted molar refractivity (Wildman–Crippen MR) is 93.0 cm³/mol. The van der Waals surface area contributed by atoms with Crippen LogP contribution in [0, 0.1) is 25.2 Å². The van der Waals surface area contributed by atoms with Crippen molar-refractivity contribution >= 4 is 10.0 Å². The van der Waals surface area contributed by atoms with Gasteiger partial charge in [-0.1, -0.05) is 0 Å². The topological polar surface area (TPSA) is 75.6 Å². The standard InChI is InChI=1S/C17H24F2N4O3S/c1-11-14(12(2)21-15(20-11)16(3,18)19)27(24,25)23-9-17(10-23)7-22(8-17)4-13-5-26-6-13/h13H,4-10H2,1-3H3. The zero-order valence-corrected chi connectivity index (χ0v) is 16.5. The predicted octanol–water partition coefficient (Wildman–Crippen LogP) is 1.16. The van der Waals surface area contributed by atoms with Crippen molar-refractivity contribution in [2.24, 2.45) is 11.3 Å². The van der Waals surface area contributed by atoms with Gasteiger partial charge in [0.05, 0.1) is 24.6 Å². The SMILES string of the molecule is Cc1nc(C(C)(F)F)nc(C)c1S(=O)(=O)N1CC2(CN(CC3COC3)C2)C1. The van der Waals surface area contributed by atoms with Crippen LogP contribution in [0.5, 0.6) is 0 Å². The molecule has 27 heavy (non-hydrogen) atoms. The van der Waals surface area contributed by atoms with Gasteiger partial charge in [-0.05, 0) is 13.8 Å². The number of rotatable bonds is 5. The molecule has 3 fully saturated rings. The molecule has 150 valence electrons. The number of nitrogens with zero attached hydrogens (tertiary/aromatic N) is 4. The zero-order chi connectivity index (χ0) is 19.6. The quantitative estimate of drug-likeness (QED) is 0.736. The Labute approximate surface area is 157 Å². The molecule has 0 atom stereocenters. The summed E-state index contributed by atoms with van der Waals surface area (Å²) in [6, 6.07) is 0. The third kappa shape index (κ3) is 3.26. The average Bonchev–Trinajstić information content (AvgIpc) is 2.39. The minimum Gasteiger partial charge on any atom is -0.381 e. The summed E-state index contributed by atoms with van der Waals surface area (Å²) in [5, 5.41) is 0. The van der Waals surface area contributed by atoms with E-state index in [2.05, 4.69) is 14.9 Å². The molecule has 0 aliphatic carbocycles. The molecule has 7 nitrogen and oxygen atoms in total. The molecule has 10 heteroatoms. The summed E-state index contributed by atoms with van der Waals surface area (Å²) in [7, 11) is -3.78. The molecule has 1 aromatic rings. The fourth-order valence-electron chi connectivity index (χ4n) is 4.26. The van der Waals surface area contributed by atoms with Crippen LogP contribution in [0.15, 0.2) is 4.90 Å². The van der Waals surface area contributed by atoms with Crippen LogP contribution < -0.4 is 0 Å². The van der Waals surface area contributed by atoms with Gasteiger partial charge in [-0.25, -0.2) is 18.4 Å². The molecule has 4 rings (SSSR count). The van der Waals surface area contributed by atoms with Crippen molar-refractivity contribution in [2.45, 2.75) is 31.6 Å². The summed E-state index contributed by atoms with van der Waals surface area (Å²) < 4.78 is 59.6. The fourth-order valence-corrected chi connectivity index (χ4v) is 6.25. The third-order valence-electron chi connectivity index (χ3n) is 5.56. The highest BCUT2D eigenvalue weighted by molar-refractivity contribution is 7.89. The number of ether oxygens (including phenoxy) is 1. The van der Waals surface area contributed by atoms with Crippen molar-refractivity contribution in [3.05, 3.63) is 17.2 Å².